The fraction of sp³-hybridized carbons (Fsp3) is 0.684. The van der Waals surface area contributed by atoms with Gasteiger partial charge >= 0.3 is 24.0 Å². The topological polar surface area (TPSA) is 128 Å². The van der Waals surface area contributed by atoms with E-state index in [0.717, 1.165) is 0 Å². The van der Waals surface area contributed by atoms with E-state index in [1.807, 2.05) is 13.8 Å². The lowest BCUT2D eigenvalue weighted by atomic mass is 10.1. The lowest BCUT2D eigenvalue weighted by Gasteiger charge is -2.23. The van der Waals surface area contributed by atoms with Crippen LogP contribution in [0.3, 0.4) is 0 Å². The predicted molar refractivity (Wildman–Crippen MR) is 101 cm³/mol. The first-order valence-corrected chi connectivity index (χ1v) is 8.96. The quantitative estimate of drug-likeness (QED) is 0.324. The number of hydrogen-bond donors (Lipinski definition) is 2. The van der Waals surface area contributed by atoms with Crippen molar-refractivity contribution < 1.29 is 38.5 Å². The molecule has 9 nitrogen and oxygen atoms in total. The van der Waals surface area contributed by atoms with Gasteiger partial charge in [-0.25, -0.2) is 14.4 Å². The maximum Gasteiger partial charge on any atom is 0.408 e. The van der Waals surface area contributed by atoms with Gasteiger partial charge < -0.3 is 24.6 Å². The minimum atomic E-state index is -1.47. The van der Waals surface area contributed by atoms with Crippen LogP contribution in [0.15, 0.2) is 12.2 Å². The summed E-state index contributed by atoms with van der Waals surface area (Å²) in [7, 11) is 0. The van der Waals surface area contributed by atoms with Crippen molar-refractivity contribution in [2.75, 3.05) is 6.61 Å². The van der Waals surface area contributed by atoms with Crippen LogP contribution in [0.5, 0.6) is 0 Å². The molecule has 0 aromatic heterocycles. The van der Waals surface area contributed by atoms with Crippen molar-refractivity contribution in [1.29, 1.82) is 0 Å². The first kappa shape index (κ1) is 25.4. The molecule has 0 aliphatic rings. The summed E-state index contributed by atoms with van der Waals surface area (Å²) in [6.07, 6.45) is -2.76. The van der Waals surface area contributed by atoms with E-state index in [-0.39, 0.29) is 30.9 Å². The molecule has 0 aromatic rings. The molecule has 0 heterocycles. The van der Waals surface area contributed by atoms with Gasteiger partial charge in [-0.15, -0.1) is 0 Å². The number of amides is 1. The second-order valence-electron chi connectivity index (χ2n) is 7.82. The van der Waals surface area contributed by atoms with Crippen molar-refractivity contribution >= 4 is 24.0 Å². The van der Waals surface area contributed by atoms with E-state index in [1.165, 1.54) is 6.92 Å². The third kappa shape index (κ3) is 11.2. The van der Waals surface area contributed by atoms with E-state index < -0.39 is 41.7 Å². The highest BCUT2D eigenvalue weighted by Crippen LogP contribution is 2.11. The molecule has 28 heavy (non-hydrogen) atoms. The first-order chi connectivity index (χ1) is 12.7. The molecule has 0 unspecified atom stereocenters. The van der Waals surface area contributed by atoms with Crippen molar-refractivity contribution in [2.45, 2.75) is 72.1 Å². The third-order valence-electron chi connectivity index (χ3n) is 3.09. The maximum atomic E-state index is 12.2. The molecule has 2 atom stereocenters. The summed E-state index contributed by atoms with van der Waals surface area (Å²) in [5, 5.41) is 11.4. The third-order valence-corrected chi connectivity index (χ3v) is 3.09. The Hall–Kier alpha value is -2.58. The molecule has 0 radical (unpaired) electrons. The fourth-order valence-corrected chi connectivity index (χ4v) is 1.86. The van der Waals surface area contributed by atoms with E-state index in [1.54, 1.807) is 20.8 Å². The number of aliphatic carboxylic acids is 1. The summed E-state index contributed by atoms with van der Waals surface area (Å²) in [5.41, 5.74) is -0.619. The number of carboxylic acid groups (broad SMARTS) is 1. The van der Waals surface area contributed by atoms with E-state index in [4.69, 9.17) is 19.3 Å². The molecule has 0 aromatic carbocycles. The maximum absolute atomic E-state index is 12.2. The van der Waals surface area contributed by atoms with Crippen LogP contribution < -0.4 is 5.32 Å². The second kappa shape index (κ2) is 11.3. The number of alkyl carbamates (subject to hydrolysis) is 1. The van der Waals surface area contributed by atoms with E-state index in [2.05, 4.69) is 11.9 Å². The van der Waals surface area contributed by atoms with Crippen LogP contribution >= 0.6 is 0 Å². The van der Waals surface area contributed by atoms with Gasteiger partial charge in [0.2, 0.25) is 6.10 Å². The predicted octanol–water partition coefficient (Wildman–Crippen LogP) is 2.43. The molecule has 0 rings (SSSR count). The molecule has 0 bridgehead atoms. The highest BCUT2D eigenvalue weighted by atomic mass is 16.6. The van der Waals surface area contributed by atoms with Crippen LogP contribution in [0.25, 0.3) is 0 Å². The zero-order valence-corrected chi connectivity index (χ0v) is 17.4. The first-order valence-electron chi connectivity index (χ1n) is 8.96. The Morgan fingerprint density at radius 2 is 1.71 bits per heavy atom. The summed E-state index contributed by atoms with van der Waals surface area (Å²) < 4.78 is 15.1. The van der Waals surface area contributed by atoms with Gasteiger partial charge in [-0.3, -0.25) is 4.79 Å². The summed E-state index contributed by atoms with van der Waals surface area (Å²) in [6, 6.07) is -1.14. The highest BCUT2D eigenvalue weighted by Gasteiger charge is 2.28. The number of nitrogens with one attached hydrogen (secondary N) is 1. The van der Waals surface area contributed by atoms with Gasteiger partial charge in [0.05, 0.1) is 6.61 Å². The molecule has 1 amide bonds. The number of carbonyl (C=O) groups is 4. The zero-order chi connectivity index (χ0) is 22.1. The molecule has 0 saturated carbocycles. The molecule has 9 heteroatoms. The van der Waals surface area contributed by atoms with Crippen LogP contribution in [0.2, 0.25) is 0 Å². The summed E-state index contributed by atoms with van der Waals surface area (Å²) in [6.45, 7) is 13.7. The Bertz CT molecular complexity index is 577. The minimum Gasteiger partial charge on any atom is -0.478 e. The van der Waals surface area contributed by atoms with Gasteiger partial charge in [0.15, 0.2) is 0 Å². The molecular weight excluding hydrogens is 370 g/mol. The van der Waals surface area contributed by atoms with Crippen molar-refractivity contribution in [2.24, 2.45) is 5.92 Å². The summed E-state index contributed by atoms with van der Waals surface area (Å²) in [5.74, 6) is -2.83. The number of hydrogen-bond acceptors (Lipinski definition) is 7. The number of ether oxygens (including phenoxy) is 3. The lowest BCUT2D eigenvalue weighted by molar-refractivity contribution is -0.161. The van der Waals surface area contributed by atoms with Gasteiger partial charge in [-0.05, 0) is 45.6 Å². The number of carbonyl (C=O) groups excluding carboxylic acids is 3. The van der Waals surface area contributed by atoms with Crippen LogP contribution in [0.4, 0.5) is 4.79 Å². The molecule has 2 N–H and O–H groups in total. The SMILES string of the molecule is C=C(C)[C@H](OC(=O)CC[C@H](NC(=O)OC(C)(C)C)C(=O)OCC(C)C)C(=O)O. The van der Waals surface area contributed by atoms with Gasteiger partial charge in [0.1, 0.15) is 11.6 Å². The Balaban J connectivity index is 4.98. The van der Waals surface area contributed by atoms with Gasteiger partial charge in [-0.1, -0.05) is 20.4 Å². The Labute approximate surface area is 165 Å². The minimum absolute atomic E-state index is 0.0861. The van der Waals surface area contributed by atoms with Crippen molar-refractivity contribution in [3.63, 3.8) is 0 Å². The van der Waals surface area contributed by atoms with Crippen molar-refractivity contribution in [3.8, 4) is 0 Å². The van der Waals surface area contributed by atoms with Crippen LogP contribution in [-0.4, -0.2) is 53.5 Å². The molecule has 0 saturated heterocycles. The largest absolute Gasteiger partial charge is 0.478 e. The van der Waals surface area contributed by atoms with Gasteiger partial charge in [0.25, 0.3) is 0 Å². The van der Waals surface area contributed by atoms with Crippen LogP contribution in [-0.2, 0) is 28.6 Å². The van der Waals surface area contributed by atoms with E-state index >= 15 is 0 Å². The molecule has 160 valence electrons. The van der Waals surface area contributed by atoms with Crippen molar-refractivity contribution in [1.82, 2.24) is 5.32 Å². The molecule has 0 aliphatic heterocycles. The van der Waals surface area contributed by atoms with E-state index in [9.17, 15) is 19.2 Å². The standard InChI is InChI=1S/C19H31NO8/c1-11(2)10-26-17(24)13(20-18(25)28-19(5,6)7)8-9-14(21)27-15(12(3)4)16(22)23/h11,13,15H,3,8-10H2,1-2,4-7H3,(H,20,25)(H,22,23)/t13-,15-/m0/s1. The Morgan fingerprint density at radius 3 is 2.14 bits per heavy atom. The van der Waals surface area contributed by atoms with Gasteiger partial charge in [-0.2, -0.15) is 0 Å². The molecule has 0 aliphatic carbocycles. The van der Waals surface area contributed by atoms with Crippen LogP contribution in [0, 0.1) is 5.92 Å². The number of rotatable bonds is 10. The monoisotopic (exact) mass is 401 g/mol. The molecule has 0 spiro atoms. The van der Waals surface area contributed by atoms with E-state index in [0.29, 0.717) is 0 Å². The van der Waals surface area contributed by atoms with Gasteiger partial charge in [0, 0.05) is 6.42 Å². The summed E-state index contributed by atoms with van der Waals surface area (Å²) in [4.78, 5) is 47.2. The number of esters is 2. The summed E-state index contributed by atoms with van der Waals surface area (Å²) >= 11 is 0. The fourth-order valence-electron chi connectivity index (χ4n) is 1.86. The zero-order valence-electron chi connectivity index (χ0n) is 17.4. The Kier molecular flexibility index (Phi) is 10.3. The number of carboxylic acids is 1. The van der Waals surface area contributed by atoms with Crippen molar-refractivity contribution in [3.05, 3.63) is 12.2 Å². The Morgan fingerprint density at radius 1 is 1.14 bits per heavy atom. The normalized spacial score (nSPS) is 13.2. The smallest absolute Gasteiger partial charge is 0.408 e. The average Bonchev–Trinajstić information content (AvgIpc) is 2.51. The average molecular weight is 401 g/mol. The molecule has 0 fully saturated rings. The van der Waals surface area contributed by atoms with Crippen LogP contribution in [0.1, 0.15) is 54.4 Å². The highest BCUT2D eigenvalue weighted by molar-refractivity contribution is 5.83. The molecular formula is C19H31NO8. The second-order valence-corrected chi connectivity index (χ2v) is 7.82. The lowest BCUT2D eigenvalue weighted by Crippen LogP contribution is -2.44.